The Morgan fingerprint density at radius 1 is 1.00 bits per heavy atom. The second-order valence-electron chi connectivity index (χ2n) is 5.02. The van der Waals surface area contributed by atoms with E-state index in [4.69, 9.17) is 5.73 Å². The average molecular weight is 277 g/mol. The topological polar surface area (TPSA) is 49.6 Å². The van der Waals surface area contributed by atoms with Crippen molar-refractivity contribution in [2.24, 2.45) is 5.73 Å². The summed E-state index contributed by atoms with van der Waals surface area (Å²) >= 11 is 0. The van der Waals surface area contributed by atoms with Gasteiger partial charge in [-0.3, -0.25) is 4.90 Å². The van der Waals surface area contributed by atoms with Gasteiger partial charge in [-0.05, 0) is 38.1 Å². The first-order chi connectivity index (χ1) is 9.69. The molecule has 0 aliphatic rings. The van der Waals surface area contributed by atoms with Crippen LogP contribution in [0.15, 0.2) is 30.3 Å². The maximum atomic E-state index is 11.6. The van der Waals surface area contributed by atoms with Crippen molar-refractivity contribution in [2.75, 3.05) is 31.1 Å². The zero-order valence-corrected chi connectivity index (χ0v) is 12.7. The lowest BCUT2D eigenvalue weighted by atomic mass is 10.2. The van der Waals surface area contributed by atoms with Crippen molar-refractivity contribution in [3.63, 3.8) is 0 Å². The van der Waals surface area contributed by atoms with Crippen LogP contribution in [0.3, 0.4) is 0 Å². The van der Waals surface area contributed by atoms with E-state index in [1.807, 2.05) is 30.3 Å². The largest absolute Gasteiger partial charge is 0.351 e. The van der Waals surface area contributed by atoms with Crippen LogP contribution in [0.5, 0.6) is 0 Å². The fourth-order valence-electron chi connectivity index (χ4n) is 2.25. The number of urea groups is 1. The number of rotatable bonds is 9. The molecule has 1 aromatic rings. The molecule has 0 saturated heterocycles. The van der Waals surface area contributed by atoms with E-state index in [1.165, 1.54) is 12.8 Å². The molecule has 0 aromatic heterocycles. The van der Waals surface area contributed by atoms with Gasteiger partial charge in [0.05, 0.1) is 0 Å². The van der Waals surface area contributed by atoms with Crippen molar-refractivity contribution >= 4 is 11.7 Å². The molecule has 0 fully saturated rings. The second kappa shape index (κ2) is 9.37. The maximum Gasteiger partial charge on any atom is 0.319 e. The van der Waals surface area contributed by atoms with Crippen molar-refractivity contribution in [1.29, 1.82) is 0 Å². The molecule has 112 valence electrons. The Morgan fingerprint density at radius 3 is 2.25 bits per heavy atom. The van der Waals surface area contributed by atoms with E-state index in [1.54, 1.807) is 4.90 Å². The number of hydrogen-bond donors (Lipinski definition) is 1. The lowest BCUT2D eigenvalue weighted by molar-refractivity contribution is 0.248. The highest BCUT2D eigenvalue weighted by Gasteiger charge is 2.13. The molecular formula is C16H27N3O. The summed E-state index contributed by atoms with van der Waals surface area (Å²) in [7, 11) is 0. The van der Waals surface area contributed by atoms with Gasteiger partial charge < -0.3 is 10.6 Å². The molecule has 2 N–H and O–H groups in total. The smallest absolute Gasteiger partial charge is 0.319 e. The lowest BCUT2D eigenvalue weighted by Gasteiger charge is -2.26. The van der Waals surface area contributed by atoms with E-state index >= 15 is 0 Å². The Hall–Kier alpha value is -1.55. The third kappa shape index (κ3) is 5.61. The number of anilines is 1. The van der Waals surface area contributed by atoms with Gasteiger partial charge in [0.1, 0.15) is 0 Å². The Labute approximate surface area is 122 Å². The standard InChI is InChI=1S/C16H27N3O/c1-3-5-12-18(11-4-2)13-14-19(16(17)20)15-9-7-6-8-10-15/h6-10H,3-5,11-14H2,1-2H3,(H2,17,20). The van der Waals surface area contributed by atoms with E-state index in [2.05, 4.69) is 18.7 Å². The first kappa shape index (κ1) is 16.5. The molecule has 0 radical (unpaired) electrons. The van der Waals surface area contributed by atoms with Gasteiger partial charge in [0.2, 0.25) is 0 Å². The van der Waals surface area contributed by atoms with Crippen LogP contribution in [-0.4, -0.2) is 37.1 Å². The number of para-hydroxylation sites is 1. The first-order valence-corrected chi connectivity index (χ1v) is 7.53. The fourth-order valence-corrected chi connectivity index (χ4v) is 2.25. The summed E-state index contributed by atoms with van der Waals surface area (Å²) < 4.78 is 0. The molecule has 0 atom stereocenters. The number of hydrogen-bond acceptors (Lipinski definition) is 2. The summed E-state index contributed by atoms with van der Waals surface area (Å²) in [6.45, 7) is 8.05. The molecule has 0 heterocycles. The molecule has 2 amide bonds. The van der Waals surface area contributed by atoms with Gasteiger partial charge in [0, 0.05) is 18.8 Å². The fraction of sp³-hybridized carbons (Fsp3) is 0.562. The monoisotopic (exact) mass is 277 g/mol. The van der Waals surface area contributed by atoms with Gasteiger partial charge in [0.15, 0.2) is 0 Å². The molecule has 0 aliphatic heterocycles. The summed E-state index contributed by atoms with van der Waals surface area (Å²) in [6, 6.07) is 9.23. The molecular weight excluding hydrogens is 250 g/mol. The van der Waals surface area contributed by atoms with Crippen molar-refractivity contribution in [3.05, 3.63) is 30.3 Å². The molecule has 20 heavy (non-hydrogen) atoms. The van der Waals surface area contributed by atoms with Crippen LogP contribution < -0.4 is 10.6 Å². The van der Waals surface area contributed by atoms with Gasteiger partial charge in [-0.25, -0.2) is 4.79 Å². The SMILES string of the molecule is CCCCN(CCC)CCN(C(N)=O)c1ccccc1. The van der Waals surface area contributed by atoms with Crippen LogP contribution in [0.4, 0.5) is 10.5 Å². The lowest BCUT2D eigenvalue weighted by Crippen LogP contribution is -2.42. The molecule has 1 rings (SSSR count). The molecule has 0 unspecified atom stereocenters. The quantitative estimate of drug-likeness (QED) is 0.754. The molecule has 4 nitrogen and oxygen atoms in total. The van der Waals surface area contributed by atoms with Crippen molar-refractivity contribution in [3.8, 4) is 0 Å². The number of amides is 2. The van der Waals surface area contributed by atoms with Gasteiger partial charge in [-0.15, -0.1) is 0 Å². The molecule has 0 aliphatic carbocycles. The summed E-state index contributed by atoms with van der Waals surface area (Å²) in [5.74, 6) is 0. The summed E-state index contributed by atoms with van der Waals surface area (Å²) in [5.41, 5.74) is 6.37. The third-order valence-corrected chi connectivity index (χ3v) is 3.34. The minimum Gasteiger partial charge on any atom is -0.351 e. The molecule has 1 aromatic carbocycles. The molecule has 0 saturated carbocycles. The number of unbranched alkanes of at least 4 members (excludes halogenated alkanes) is 1. The predicted octanol–water partition coefficient (Wildman–Crippen LogP) is 3.08. The minimum absolute atomic E-state index is 0.386. The average Bonchev–Trinajstić information content (AvgIpc) is 2.45. The number of carbonyl (C=O) groups excluding carboxylic acids is 1. The number of primary amides is 1. The Balaban J connectivity index is 2.59. The van der Waals surface area contributed by atoms with Crippen LogP contribution in [0.25, 0.3) is 0 Å². The Morgan fingerprint density at radius 2 is 1.70 bits per heavy atom. The minimum atomic E-state index is -0.386. The van der Waals surface area contributed by atoms with Crippen LogP contribution in [-0.2, 0) is 0 Å². The highest BCUT2D eigenvalue weighted by atomic mass is 16.2. The summed E-state index contributed by atoms with van der Waals surface area (Å²) in [6.07, 6.45) is 3.52. The highest BCUT2D eigenvalue weighted by molar-refractivity contribution is 5.90. The number of carbonyl (C=O) groups is 1. The Bertz CT molecular complexity index is 381. The first-order valence-electron chi connectivity index (χ1n) is 7.53. The van der Waals surface area contributed by atoms with Gasteiger partial charge in [0.25, 0.3) is 0 Å². The molecule has 0 spiro atoms. The Kier molecular flexibility index (Phi) is 7.73. The highest BCUT2D eigenvalue weighted by Crippen LogP contribution is 2.12. The number of nitrogens with zero attached hydrogens (tertiary/aromatic N) is 2. The summed E-state index contributed by atoms with van der Waals surface area (Å²) in [5, 5.41) is 0. The van der Waals surface area contributed by atoms with Gasteiger partial charge in [-0.2, -0.15) is 0 Å². The summed E-state index contributed by atoms with van der Waals surface area (Å²) in [4.78, 5) is 15.7. The van der Waals surface area contributed by atoms with Gasteiger partial charge in [-0.1, -0.05) is 38.5 Å². The number of nitrogens with two attached hydrogens (primary N) is 1. The van der Waals surface area contributed by atoms with Crippen molar-refractivity contribution < 1.29 is 4.79 Å². The van der Waals surface area contributed by atoms with E-state index in [9.17, 15) is 4.79 Å². The van der Waals surface area contributed by atoms with Crippen LogP contribution in [0, 0.1) is 0 Å². The molecule has 0 bridgehead atoms. The van der Waals surface area contributed by atoms with E-state index in [0.717, 1.165) is 31.7 Å². The predicted molar refractivity (Wildman–Crippen MR) is 85.0 cm³/mol. The maximum absolute atomic E-state index is 11.6. The third-order valence-electron chi connectivity index (χ3n) is 3.34. The van der Waals surface area contributed by atoms with Crippen LogP contribution >= 0.6 is 0 Å². The van der Waals surface area contributed by atoms with Gasteiger partial charge >= 0.3 is 6.03 Å². The zero-order valence-electron chi connectivity index (χ0n) is 12.7. The van der Waals surface area contributed by atoms with Crippen LogP contribution in [0.2, 0.25) is 0 Å². The van der Waals surface area contributed by atoms with Crippen molar-refractivity contribution in [2.45, 2.75) is 33.1 Å². The van der Waals surface area contributed by atoms with Crippen LogP contribution in [0.1, 0.15) is 33.1 Å². The van der Waals surface area contributed by atoms with E-state index in [0.29, 0.717) is 6.54 Å². The second-order valence-corrected chi connectivity index (χ2v) is 5.02. The molecule has 4 heteroatoms. The zero-order chi connectivity index (χ0) is 14.8. The van der Waals surface area contributed by atoms with E-state index < -0.39 is 0 Å². The number of benzene rings is 1. The van der Waals surface area contributed by atoms with E-state index in [-0.39, 0.29) is 6.03 Å². The normalized spacial score (nSPS) is 10.8. The van der Waals surface area contributed by atoms with Crippen molar-refractivity contribution in [1.82, 2.24) is 4.90 Å².